The van der Waals surface area contributed by atoms with Crippen molar-refractivity contribution in [2.45, 2.75) is 12.5 Å². The Kier molecular flexibility index (Phi) is 8.00. The molecule has 1 unspecified atom stereocenters. The van der Waals surface area contributed by atoms with Crippen LogP contribution in [0.25, 0.3) is 0 Å². The summed E-state index contributed by atoms with van der Waals surface area (Å²) in [7, 11) is 0. The topological polar surface area (TPSA) is 53.0 Å². The lowest BCUT2D eigenvalue weighted by Crippen LogP contribution is -2.35. The lowest BCUT2D eigenvalue weighted by atomic mass is 9.97. The van der Waals surface area contributed by atoms with Crippen LogP contribution in [0.2, 0.25) is 5.02 Å². The molecule has 4 rings (SSSR count). The summed E-state index contributed by atoms with van der Waals surface area (Å²) >= 11 is 6.15. The molecule has 0 aromatic heterocycles. The summed E-state index contributed by atoms with van der Waals surface area (Å²) in [6.07, 6.45) is 1.07. The fourth-order valence-electron chi connectivity index (χ4n) is 4.38. The van der Waals surface area contributed by atoms with Gasteiger partial charge in [-0.3, -0.25) is 9.80 Å². The molecular weight excluding hydrogens is 436 g/mol. The van der Waals surface area contributed by atoms with Gasteiger partial charge < -0.3 is 9.84 Å². The molecule has 0 saturated carbocycles. The Balaban J connectivity index is 1.38. The number of carboxylic acids is 1. The van der Waals surface area contributed by atoms with Crippen LogP contribution in [-0.4, -0.2) is 60.2 Å². The maximum absolute atomic E-state index is 11.1. The summed E-state index contributed by atoms with van der Waals surface area (Å²) in [6.45, 7) is 5.27. The van der Waals surface area contributed by atoms with E-state index in [4.69, 9.17) is 21.4 Å². The Morgan fingerprint density at radius 2 is 1.67 bits per heavy atom. The van der Waals surface area contributed by atoms with Gasteiger partial charge in [0.15, 0.2) is 0 Å². The fourth-order valence-corrected chi connectivity index (χ4v) is 4.50. The molecule has 1 aliphatic rings. The molecule has 6 heteroatoms. The van der Waals surface area contributed by atoms with Gasteiger partial charge in [-0.05, 0) is 54.4 Å². The maximum atomic E-state index is 11.1. The Morgan fingerprint density at radius 3 is 2.42 bits per heavy atom. The van der Waals surface area contributed by atoms with Gasteiger partial charge in [0, 0.05) is 31.2 Å². The standard InChI is InChI=1S/C27H29ClN2O3/c28-24-12-10-22(11-13-24)26(21-6-2-1-3-7-21)30-15-5-14-29(16-17-30)18-19-33-25-9-4-8-23(20-25)27(31)32/h1-4,6-13,20,26H,5,14-19H2,(H,31,32). The van der Waals surface area contributed by atoms with Gasteiger partial charge in [-0.1, -0.05) is 60.1 Å². The van der Waals surface area contributed by atoms with Gasteiger partial charge in [-0.15, -0.1) is 0 Å². The molecule has 1 N–H and O–H groups in total. The van der Waals surface area contributed by atoms with Crippen LogP contribution >= 0.6 is 11.6 Å². The Morgan fingerprint density at radius 1 is 0.909 bits per heavy atom. The molecule has 3 aromatic carbocycles. The van der Waals surface area contributed by atoms with E-state index in [2.05, 4.69) is 52.3 Å². The van der Waals surface area contributed by atoms with E-state index >= 15 is 0 Å². The minimum absolute atomic E-state index is 0.193. The monoisotopic (exact) mass is 464 g/mol. The van der Waals surface area contributed by atoms with Gasteiger partial charge in [-0.2, -0.15) is 0 Å². The molecule has 3 aromatic rings. The predicted octanol–water partition coefficient (Wildman–Crippen LogP) is 5.21. The molecule has 1 saturated heterocycles. The zero-order valence-corrected chi connectivity index (χ0v) is 19.3. The molecule has 33 heavy (non-hydrogen) atoms. The van der Waals surface area contributed by atoms with E-state index < -0.39 is 5.97 Å². The number of carbonyl (C=O) groups is 1. The molecule has 0 bridgehead atoms. The van der Waals surface area contributed by atoms with Crippen molar-refractivity contribution in [3.63, 3.8) is 0 Å². The number of aromatic carboxylic acids is 1. The molecule has 0 spiro atoms. The van der Waals surface area contributed by atoms with Gasteiger partial charge in [0.1, 0.15) is 12.4 Å². The van der Waals surface area contributed by atoms with Crippen molar-refractivity contribution in [2.24, 2.45) is 0 Å². The lowest BCUT2D eigenvalue weighted by molar-refractivity contribution is 0.0696. The number of ether oxygens (including phenoxy) is 1. The molecule has 1 aliphatic heterocycles. The zero-order valence-electron chi connectivity index (χ0n) is 18.6. The molecular formula is C27H29ClN2O3. The maximum Gasteiger partial charge on any atom is 0.335 e. The van der Waals surface area contributed by atoms with Crippen molar-refractivity contribution in [1.29, 1.82) is 0 Å². The summed E-state index contributed by atoms with van der Waals surface area (Å²) < 4.78 is 5.83. The summed E-state index contributed by atoms with van der Waals surface area (Å²) in [5.74, 6) is -0.347. The second kappa shape index (κ2) is 11.3. The number of hydrogen-bond donors (Lipinski definition) is 1. The van der Waals surface area contributed by atoms with Crippen LogP contribution < -0.4 is 4.74 Å². The minimum Gasteiger partial charge on any atom is -0.492 e. The smallest absolute Gasteiger partial charge is 0.335 e. The van der Waals surface area contributed by atoms with Crippen molar-refractivity contribution >= 4 is 17.6 Å². The van der Waals surface area contributed by atoms with Crippen molar-refractivity contribution in [3.8, 4) is 5.75 Å². The van der Waals surface area contributed by atoms with Gasteiger partial charge >= 0.3 is 5.97 Å². The van der Waals surface area contributed by atoms with E-state index in [0.29, 0.717) is 12.4 Å². The molecule has 0 aliphatic carbocycles. The number of rotatable bonds is 8. The van der Waals surface area contributed by atoms with Crippen LogP contribution in [0.4, 0.5) is 0 Å². The molecule has 1 heterocycles. The van der Waals surface area contributed by atoms with Crippen LogP contribution in [0.5, 0.6) is 5.75 Å². The number of nitrogens with zero attached hydrogens (tertiary/aromatic N) is 2. The van der Waals surface area contributed by atoms with Crippen molar-refractivity contribution in [3.05, 3.63) is 101 Å². The SMILES string of the molecule is O=C(O)c1cccc(OCCN2CCCN(C(c3ccccc3)c3ccc(Cl)cc3)CC2)c1. The summed E-state index contributed by atoms with van der Waals surface area (Å²) in [5, 5.41) is 9.89. The van der Waals surface area contributed by atoms with E-state index in [1.54, 1.807) is 24.3 Å². The Bertz CT molecular complexity index is 1040. The van der Waals surface area contributed by atoms with Gasteiger partial charge in [0.05, 0.1) is 11.6 Å². The number of halogens is 1. The third-order valence-electron chi connectivity index (χ3n) is 6.05. The number of benzene rings is 3. The van der Waals surface area contributed by atoms with E-state index in [9.17, 15) is 4.79 Å². The van der Waals surface area contributed by atoms with Crippen LogP contribution in [0.1, 0.15) is 33.9 Å². The van der Waals surface area contributed by atoms with Crippen LogP contribution in [0, 0.1) is 0 Å². The van der Waals surface area contributed by atoms with Gasteiger partial charge in [-0.25, -0.2) is 4.79 Å². The first kappa shape index (κ1) is 23.3. The predicted molar refractivity (Wildman–Crippen MR) is 131 cm³/mol. The van der Waals surface area contributed by atoms with Crippen LogP contribution in [-0.2, 0) is 0 Å². The van der Waals surface area contributed by atoms with Gasteiger partial charge in [0.25, 0.3) is 0 Å². The normalized spacial score (nSPS) is 16.2. The molecule has 0 radical (unpaired) electrons. The second-order valence-corrected chi connectivity index (χ2v) is 8.71. The van der Waals surface area contributed by atoms with Crippen molar-refractivity contribution in [2.75, 3.05) is 39.3 Å². The molecule has 5 nitrogen and oxygen atoms in total. The van der Waals surface area contributed by atoms with E-state index in [0.717, 1.165) is 44.2 Å². The number of hydrogen-bond acceptors (Lipinski definition) is 4. The molecule has 1 fully saturated rings. The van der Waals surface area contributed by atoms with Gasteiger partial charge in [0.2, 0.25) is 0 Å². The molecule has 0 amide bonds. The van der Waals surface area contributed by atoms with Crippen LogP contribution in [0.3, 0.4) is 0 Å². The fraction of sp³-hybridized carbons (Fsp3) is 0.296. The first-order valence-corrected chi connectivity index (χ1v) is 11.7. The highest BCUT2D eigenvalue weighted by molar-refractivity contribution is 6.30. The lowest BCUT2D eigenvalue weighted by Gasteiger charge is -2.31. The van der Waals surface area contributed by atoms with Crippen molar-refractivity contribution < 1.29 is 14.6 Å². The summed E-state index contributed by atoms with van der Waals surface area (Å²) in [6, 6.07) is 25.7. The average Bonchev–Trinajstić information content (AvgIpc) is 3.07. The largest absolute Gasteiger partial charge is 0.492 e. The van der Waals surface area contributed by atoms with E-state index in [1.165, 1.54) is 11.1 Å². The third-order valence-corrected chi connectivity index (χ3v) is 6.30. The summed E-state index contributed by atoms with van der Waals surface area (Å²) in [5.41, 5.74) is 2.78. The second-order valence-electron chi connectivity index (χ2n) is 8.28. The first-order chi connectivity index (χ1) is 16.1. The third kappa shape index (κ3) is 6.35. The highest BCUT2D eigenvalue weighted by Crippen LogP contribution is 2.30. The van der Waals surface area contributed by atoms with E-state index in [1.807, 2.05) is 12.1 Å². The summed E-state index contributed by atoms with van der Waals surface area (Å²) in [4.78, 5) is 16.1. The average molecular weight is 465 g/mol. The Hall–Kier alpha value is -2.86. The zero-order chi connectivity index (χ0) is 23.0. The number of carboxylic acid groups (broad SMARTS) is 1. The molecule has 172 valence electrons. The Labute approximate surface area is 200 Å². The van der Waals surface area contributed by atoms with Crippen LogP contribution in [0.15, 0.2) is 78.9 Å². The van der Waals surface area contributed by atoms with Crippen molar-refractivity contribution in [1.82, 2.24) is 9.80 Å². The van der Waals surface area contributed by atoms with E-state index in [-0.39, 0.29) is 11.6 Å². The highest BCUT2D eigenvalue weighted by atomic mass is 35.5. The highest BCUT2D eigenvalue weighted by Gasteiger charge is 2.25. The molecule has 1 atom stereocenters. The quantitative estimate of drug-likeness (QED) is 0.495. The minimum atomic E-state index is -0.943. The first-order valence-electron chi connectivity index (χ1n) is 11.3.